The molecule has 3 amide bonds. The summed E-state index contributed by atoms with van der Waals surface area (Å²) in [5.74, 6) is -0.394. The van der Waals surface area contributed by atoms with Crippen LogP contribution < -0.4 is 26.8 Å². The van der Waals surface area contributed by atoms with E-state index in [-0.39, 0.29) is 24.8 Å². The Balaban J connectivity index is 1.84. The minimum absolute atomic E-state index is 0.0154. The van der Waals surface area contributed by atoms with Crippen LogP contribution in [0.2, 0.25) is 0 Å². The van der Waals surface area contributed by atoms with E-state index < -0.39 is 40.3 Å². The zero-order valence-corrected chi connectivity index (χ0v) is 22.8. The molecule has 0 saturated carbocycles. The average Bonchev–Trinajstić information content (AvgIpc) is 2.73. The highest BCUT2D eigenvalue weighted by atomic mass is 16.6. The number of ether oxygens (including phenoxy) is 2. The smallest absolute Gasteiger partial charge is 0.408 e. The Morgan fingerprint density at radius 3 is 2.26 bits per heavy atom. The highest BCUT2D eigenvalue weighted by molar-refractivity contribution is 6.03. The molecular weight excluding hydrogens is 498 g/mol. The fraction of sp³-hybridized carbons (Fsp3) is 0.667. The predicted octanol–water partition coefficient (Wildman–Crippen LogP) is 1.67. The van der Waals surface area contributed by atoms with Crippen molar-refractivity contribution in [3.63, 3.8) is 0 Å². The van der Waals surface area contributed by atoms with Gasteiger partial charge in [-0.1, -0.05) is 0 Å². The normalized spacial score (nSPS) is 18.5. The largest absolute Gasteiger partial charge is 0.444 e. The van der Waals surface area contributed by atoms with Gasteiger partial charge >= 0.3 is 12.2 Å². The third kappa shape index (κ3) is 10.4. The third-order valence-corrected chi connectivity index (χ3v) is 5.12. The summed E-state index contributed by atoms with van der Waals surface area (Å²) in [6.45, 7) is 11.3. The van der Waals surface area contributed by atoms with E-state index in [9.17, 15) is 24.5 Å². The van der Waals surface area contributed by atoms with Gasteiger partial charge in [-0.15, -0.1) is 0 Å². The van der Waals surface area contributed by atoms with Crippen molar-refractivity contribution < 1.29 is 28.8 Å². The first-order valence-corrected chi connectivity index (χ1v) is 12.5. The second-order valence-electron chi connectivity index (χ2n) is 10.8. The van der Waals surface area contributed by atoms with E-state index in [0.29, 0.717) is 37.2 Å². The number of carbonyl (C=O) groups is 3. The van der Waals surface area contributed by atoms with Crippen LogP contribution in [-0.4, -0.2) is 71.6 Å². The Morgan fingerprint density at radius 1 is 1.03 bits per heavy atom. The van der Waals surface area contributed by atoms with Crippen LogP contribution in [0.3, 0.4) is 0 Å². The van der Waals surface area contributed by atoms with Gasteiger partial charge in [0.15, 0.2) is 0 Å². The number of nitrogens with zero attached hydrogens (tertiary/aromatic N) is 2. The standard InChI is InChI=1S/C24H39N7O7/c1-23(2,3)37-21(33)27-12-8-7-9-16(28-22(34)38-24(4,5)6)20(32)26-14-13-25-15-10-11-17(31(35)36)19-18(15)29-30-19/h10-11,16,18,29-30H,7-9,12-14H2,1-6H3,(H,26,32)(H,27,33)(H,28,34)/t16-,18?/m0/s1. The van der Waals surface area contributed by atoms with Crippen LogP contribution >= 0.6 is 0 Å². The summed E-state index contributed by atoms with van der Waals surface area (Å²) in [5, 5.41) is 19.1. The first-order chi connectivity index (χ1) is 17.7. The molecule has 212 valence electrons. The highest BCUT2D eigenvalue weighted by Crippen LogP contribution is 2.21. The van der Waals surface area contributed by atoms with Gasteiger partial charge < -0.3 is 30.8 Å². The molecule has 2 rings (SSSR count). The number of unbranched alkanes of at least 4 members (excludes halogenated alkanes) is 1. The van der Waals surface area contributed by atoms with Crippen molar-refractivity contribution in [2.45, 2.75) is 84.1 Å². The Morgan fingerprint density at radius 2 is 1.68 bits per heavy atom. The summed E-state index contributed by atoms with van der Waals surface area (Å²) in [6.07, 6.45) is 3.18. The highest BCUT2D eigenvalue weighted by Gasteiger charge is 2.37. The molecule has 0 bridgehead atoms. The van der Waals surface area contributed by atoms with Crippen LogP contribution in [0.15, 0.2) is 28.5 Å². The van der Waals surface area contributed by atoms with E-state index in [1.165, 1.54) is 6.08 Å². The number of aliphatic imine (C=N–C) groups is 1. The number of nitrogens with one attached hydrogen (secondary N) is 5. The molecule has 1 aliphatic heterocycles. The molecule has 1 saturated heterocycles. The Bertz CT molecular complexity index is 993. The summed E-state index contributed by atoms with van der Waals surface area (Å²) >= 11 is 0. The third-order valence-electron chi connectivity index (χ3n) is 5.12. The van der Waals surface area contributed by atoms with Gasteiger partial charge in [0, 0.05) is 19.2 Å². The van der Waals surface area contributed by atoms with Crippen molar-refractivity contribution in [3.8, 4) is 0 Å². The zero-order valence-electron chi connectivity index (χ0n) is 22.8. The molecular formula is C24H39N7O7. The van der Waals surface area contributed by atoms with Crippen molar-refractivity contribution in [2.75, 3.05) is 19.6 Å². The maximum absolute atomic E-state index is 12.8. The molecule has 2 atom stereocenters. The molecule has 14 heteroatoms. The van der Waals surface area contributed by atoms with Gasteiger partial charge in [-0.05, 0) is 66.9 Å². The lowest BCUT2D eigenvalue weighted by Crippen LogP contribution is -2.62. The van der Waals surface area contributed by atoms with Crippen molar-refractivity contribution in [1.82, 2.24) is 26.8 Å². The van der Waals surface area contributed by atoms with Gasteiger partial charge in [-0.25, -0.2) is 15.0 Å². The molecule has 1 heterocycles. The Labute approximate surface area is 222 Å². The lowest BCUT2D eigenvalue weighted by molar-refractivity contribution is -0.421. The lowest BCUT2D eigenvalue weighted by Gasteiger charge is -2.34. The molecule has 5 N–H and O–H groups in total. The summed E-state index contributed by atoms with van der Waals surface area (Å²) in [7, 11) is 0. The number of alkyl carbamates (subject to hydrolysis) is 2. The van der Waals surface area contributed by atoms with Crippen LogP contribution in [0, 0.1) is 10.1 Å². The number of carbonyl (C=O) groups excluding carboxylic acids is 3. The minimum atomic E-state index is -0.844. The predicted molar refractivity (Wildman–Crippen MR) is 140 cm³/mol. The average molecular weight is 538 g/mol. The molecule has 2 aliphatic rings. The molecule has 1 unspecified atom stereocenters. The monoisotopic (exact) mass is 537 g/mol. The molecule has 14 nitrogen and oxygen atoms in total. The topological polar surface area (TPSA) is 185 Å². The van der Waals surface area contributed by atoms with Crippen molar-refractivity contribution >= 4 is 23.8 Å². The van der Waals surface area contributed by atoms with Crippen LogP contribution in [0.25, 0.3) is 0 Å². The maximum atomic E-state index is 12.8. The Hall–Kier alpha value is -3.68. The van der Waals surface area contributed by atoms with Crippen molar-refractivity contribution in [1.29, 1.82) is 0 Å². The van der Waals surface area contributed by atoms with Gasteiger partial charge in [0.2, 0.25) is 5.91 Å². The van der Waals surface area contributed by atoms with Crippen LogP contribution in [0.1, 0.15) is 60.8 Å². The number of rotatable bonds is 11. The number of fused-ring (bicyclic) bond motifs is 1. The SMILES string of the molecule is CC(C)(C)OC(=O)NCCCC[C@H](NC(=O)OC(C)(C)C)C(=O)NCCN=C1C=CC([N+](=O)[O-])=C2NNC12. The quantitative estimate of drug-likeness (QED) is 0.148. The lowest BCUT2D eigenvalue weighted by atomic mass is 9.98. The number of allylic oxidation sites excluding steroid dienone is 1. The van der Waals surface area contributed by atoms with Gasteiger partial charge in [-0.3, -0.25) is 19.9 Å². The molecule has 0 aromatic carbocycles. The van der Waals surface area contributed by atoms with Gasteiger partial charge in [0.1, 0.15) is 29.0 Å². The summed E-state index contributed by atoms with van der Waals surface area (Å²) < 4.78 is 10.5. The van der Waals surface area contributed by atoms with Crippen LogP contribution in [0.5, 0.6) is 0 Å². The molecule has 1 aliphatic carbocycles. The fourth-order valence-electron chi connectivity index (χ4n) is 3.49. The first-order valence-electron chi connectivity index (χ1n) is 12.5. The van der Waals surface area contributed by atoms with Crippen molar-refractivity contribution in [3.05, 3.63) is 33.7 Å². The van der Waals surface area contributed by atoms with E-state index in [0.717, 1.165) is 0 Å². The molecule has 38 heavy (non-hydrogen) atoms. The summed E-state index contributed by atoms with van der Waals surface area (Å²) in [4.78, 5) is 51.9. The zero-order chi connectivity index (χ0) is 28.5. The molecule has 0 aromatic heterocycles. The van der Waals surface area contributed by atoms with E-state index >= 15 is 0 Å². The minimum Gasteiger partial charge on any atom is -0.444 e. The van der Waals surface area contributed by atoms with Crippen LogP contribution in [-0.2, 0) is 14.3 Å². The molecule has 1 fully saturated rings. The van der Waals surface area contributed by atoms with E-state index in [1.807, 2.05) is 0 Å². The first kappa shape index (κ1) is 30.5. The number of hydrogen-bond acceptors (Lipinski definition) is 10. The molecule has 0 spiro atoms. The summed E-state index contributed by atoms with van der Waals surface area (Å²) in [6, 6.07) is -1.23. The second kappa shape index (κ2) is 13.2. The Kier molecular flexibility index (Phi) is 10.6. The van der Waals surface area contributed by atoms with E-state index in [2.05, 4.69) is 31.8 Å². The van der Waals surface area contributed by atoms with E-state index in [4.69, 9.17) is 9.47 Å². The molecule has 0 radical (unpaired) electrons. The van der Waals surface area contributed by atoms with E-state index in [1.54, 1.807) is 47.6 Å². The number of hydrogen-bond donors (Lipinski definition) is 5. The number of amides is 3. The number of hydrazine groups is 1. The maximum Gasteiger partial charge on any atom is 0.408 e. The van der Waals surface area contributed by atoms with Gasteiger partial charge in [0.05, 0.1) is 17.2 Å². The van der Waals surface area contributed by atoms with Crippen LogP contribution in [0.4, 0.5) is 9.59 Å². The van der Waals surface area contributed by atoms with Gasteiger partial charge in [-0.2, -0.15) is 0 Å². The van der Waals surface area contributed by atoms with Crippen molar-refractivity contribution in [2.24, 2.45) is 4.99 Å². The summed E-state index contributed by atoms with van der Waals surface area (Å²) in [5.41, 5.74) is 5.31. The number of nitro groups is 1. The van der Waals surface area contributed by atoms with Gasteiger partial charge in [0.25, 0.3) is 5.70 Å². The molecule has 0 aromatic rings. The second-order valence-corrected chi connectivity index (χ2v) is 10.8. The fourth-order valence-corrected chi connectivity index (χ4v) is 3.49.